The molecule has 0 aromatic heterocycles. The fourth-order valence-electron chi connectivity index (χ4n) is 2.37. The lowest BCUT2D eigenvalue weighted by Crippen LogP contribution is -2.31. The summed E-state index contributed by atoms with van der Waals surface area (Å²) in [6.45, 7) is 4.10. The molecule has 26 heavy (non-hydrogen) atoms. The summed E-state index contributed by atoms with van der Waals surface area (Å²) in [6.07, 6.45) is 2.03. The first-order chi connectivity index (χ1) is 12.6. The molecule has 1 unspecified atom stereocenters. The van der Waals surface area contributed by atoms with Crippen LogP contribution in [0, 0.1) is 11.3 Å². The van der Waals surface area contributed by atoms with Crippen molar-refractivity contribution in [2.24, 2.45) is 0 Å². The number of rotatable bonds is 8. The van der Waals surface area contributed by atoms with Crippen LogP contribution in [0.5, 0.6) is 11.5 Å². The van der Waals surface area contributed by atoms with Crippen molar-refractivity contribution in [3.63, 3.8) is 0 Å². The maximum Gasteiger partial charge on any atom is 0.258 e. The zero-order chi connectivity index (χ0) is 18.9. The maximum atomic E-state index is 12.2. The van der Waals surface area contributed by atoms with E-state index in [4.69, 9.17) is 14.7 Å². The van der Waals surface area contributed by atoms with E-state index in [2.05, 4.69) is 11.4 Å². The predicted octanol–water partition coefficient (Wildman–Crippen LogP) is 3.94. The second kappa shape index (κ2) is 9.73. The lowest BCUT2D eigenvalue weighted by Gasteiger charge is -2.16. The van der Waals surface area contributed by atoms with Gasteiger partial charge in [-0.1, -0.05) is 12.1 Å². The molecule has 136 valence electrons. The largest absolute Gasteiger partial charge is 0.490 e. The molecule has 2 aromatic carbocycles. The predicted molar refractivity (Wildman–Crippen MR) is 103 cm³/mol. The average molecular weight is 370 g/mol. The minimum absolute atomic E-state index is 0.116. The second-order valence-corrected chi connectivity index (χ2v) is 6.44. The van der Waals surface area contributed by atoms with Crippen molar-refractivity contribution in [2.45, 2.75) is 24.8 Å². The van der Waals surface area contributed by atoms with Crippen molar-refractivity contribution in [3.05, 3.63) is 53.6 Å². The van der Waals surface area contributed by atoms with Crippen molar-refractivity contribution in [1.82, 2.24) is 5.32 Å². The van der Waals surface area contributed by atoms with Gasteiger partial charge in [0.15, 0.2) is 18.1 Å². The number of ether oxygens (including phenoxy) is 2. The number of carbonyl (C=O) groups excluding carboxylic acids is 1. The van der Waals surface area contributed by atoms with Gasteiger partial charge in [-0.3, -0.25) is 4.79 Å². The number of amides is 1. The van der Waals surface area contributed by atoms with Crippen LogP contribution in [-0.2, 0) is 4.79 Å². The zero-order valence-electron chi connectivity index (χ0n) is 15.1. The summed E-state index contributed by atoms with van der Waals surface area (Å²) in [5.74, 6) is 0.677. The Kier molecular flexibility index (Phi) is 7.37. The van der Waals surface area contributed by atoms with Crippen molar-refractivity contribution >= 4 is 17.7 Å². The third-order valence-electron chi connectivity index (χ3n) is 3.72. The van der Waals surface area contributed by atoms with Gasteiger partial charge in [0.2, 0.25) is 0 Å². The maximum absolute atomic E-state index is 12.2. The van der Waals surface area contributed by atoms with Gasteiger partial charge < -0.3 is 14.8 Å². The Labute approximate surface area is 158 Å². The van der Waals surface area contributed by atoms with Gasteiger partial charge >= 0.3 is 0 Å². The number of nitrogens with zero attached hydrogens (tertiary/aromatic N) is 1. The van der Waals surface area contributed by atoms with Crippen molar-refractivity contribution < 1.29 is 14.3 Å². The van der Waals surface area contributed by atoms with E-state index in [0.29, 0.717) is 23.7 Å². The summed E-state index contributed by atoms with van der Waals surface area (Å²) in [6, 6.07) is 14.9. The molecule has 0 aliphatic heterocycles. The molecule has 1 N–H and O–H groups in total. The molecule has 0 saturated carbocycles. The van der Waals surface area contributed by atoms with Crippen molar-refractivity contribution in [3.8, 4) is 17.6 Å². The Morgan fingerprint density at radius 3 is 2.54 bits per heavy atom. The molecular weight excluding hydrogens is 348 g/mol. The van der Waals surface area contributed by atoms with Crippen LogP contribution in [0.1, 0.15) is 31.0 Å². The van der Waals surface area contributed by atoms with Crippen molar-refractivity contribution in [1.29, 1.82) is 5.26 Å². The van der Waals surface area contributed by atoms with Crippen LogP contribution < -0.4 is 14.8 Å². The number of thioether (sulfide) groups is 1. The number of hydrogen-bond donors (Lipinski definition) is 1. The Balaban J connectivity index is 1.94. The molecular formula is C20H22N2O3S. The Hall–Kier alpha value is -2.65. The highest BCUT2D eigenvalue weighted by Gasteiger charge is 2.12. The quantitative estimate of drug-likeness (QED) is 0.713. The van der Waals surface area contributed by atoms with Gasteiger partial charge in [-0.05, 0) is 49.9 Å². The van der Waals surface area contributed by atoms with E-state index >= 15 is 0 Å². The SMILES string of the molecule is CCOc1cc(C#N)ccc1OCC(=O)NC(C)c1ccc(SC)cc1. The molecule has 6 heteroatoms. The van der Waals surface area contributed by atoms with Gasteiger partial charge in [-0.15, -0.1) is 11.8 Å². The van der Waals surface area contributed by atoms with E-state index in [1.165, 1.54) is 4.90 Å². The summed E-state index contributed by atoms with van der Waals surface area (Å²) in [5, 5.41) is 11.9. The summed E-state index contributed by atoms with van der Waals surface area (Å²) >= 11 is 1.68. The van der Waals surface area contributed by atoms with Crippen LogP contribution in [0.4, 0.5) is 0 Å². The number of hydrogen-bond acceptors (Lipinski definition) is 5. The third kappa shape index (κ3) is 5.43. The minimum Gasteiger partial charge on any atom is -0.490 e. The first kappa shape index (κ1) is 19.7. The number of benzene rings is 2. The molecule has 1 amide bonds. The molecule has 0 aliphatic carbocycles. The summed E-state index contributed by atoms with van der Waals surface area (Å²) < 4.78 is 11.0. The van der Waals surface area contributed by atoms with Crippen LogP contribution >= 0.6 is 11.8 Å². The van der Waals surface area contributed by atoms with Gasteiger partial charge in [0, 0.05) is 11.0 Å². The fourth-order valence-corrected chi connectivity index (χ4v) is 2.78. The molecule has 2 rings (SSSR count). The number of nitrogens with one attached hydrogen (secondary N) is 1. The molecule has 0 saturated heterocycles. The Morgan fingerprint density at radius 2 is 1.92 bits per heavy atom. The lowest BCUT2D eigenvalue weighted by molar-refractivity contribution is -0.123. The average Bonchev–Trinajstić information content (AvgIpc) is 2.67. The van der Waals surface area contributed by atoms with E-state index in [0.717, 1.165) is 5.56 Å². The number of carbonyl (C=O) groups is 1. The van der Waals surface area contributed by atoms with Gasteiger partial charge in [0.1, 0.15) is 0 Å². The summed E-state index contributed by atoms with van der Waals surface area (Å²) in [7, 11) is 0. The van der Waals surface area contributed by atoms with E-state index in [9.17, 15) is 4.79 Å². The highest BCUT2D eigenvalue weighted by molar-refractivity contribution is 7.98. The normalized spacial score (nSPS) is 11.3. The monoisotopic (exact) mass is 370 g/mol. The van der Waals surface area contributed by atoms with Crippen LogP contribution in [0.15, 0.2) is 47.4 Å². The Bertz CT molecular complexity index is 785. The van der Waals surface area contributed by atoms with Gasteiger partial charge in [-0.2, -0.15) is 5.26 Å². The standard InChI is InChI=1S/C20H22N2O3S/c1-4-24-19-11-15(12-21)5-10-18(19)25-13-20(23)22-14(2)16-6-8-17(26-3)9-7-16/h5-11,14H,4,13H2,1-3H3,(H,22,23). The number of nitriles is 1. The molecule has 0 bridgehead atoms. The van der Waals surface area contributed by atoms with Crippen LogP contribution in [0.3, 0.4) is 0 Å². The van der Waals surface area contributed by atoms with E-state index < -0.39 is 0 Å². The lowest BCUT2D eigenvalue weighted by atomic mass is 10.1. The molecule has 1 atom stereocenters. The first-order valence-corrected chi connectivity index (χ1v) is 9.53. The molecule has 0 spiro atoms. The first-order valence-electron chi connectivity index (χ1n) is 8.30. The smallest absolute Gasteiger partial charge is 0.258 e. The molecule has 0 fully saturated rings. The van der Waals surface area contributed by atoms with Crippen LogP contribution in [0.25, 0.3) is 0 Å². The van der Waals surface area contributed by atoms with Crippen molar-refractivity contribution in [2.75, 3.05) is 19.5 Å². The topological polar surface area (TPSA) is 71.3 Å². The van der Waals surface area contributed by atoms with E-state index in [-0.39, 0.29) is 18.6 Å². The Morgan fingerprint density at radius 1 is 1.19 bits per heavy atom. The summed E-state index contributed by atoms with van der Waals surface area (Å²) in [4.78, 5) is 13.4. The van der Waals surface area contributed by atoms with Crippen LogP contribution in [-0.4, -0.2) is 25.4 Å². The van der Waals surface area contributed by atoms with E-state index in [1.807, 2.05) is 44.4 Å². The molecule has 0 radical (unpaired) electrons. The minimum atomic E-state index is -0.224. The highest BCUT2D eigenvalue weighted by Crippen LogP contribution is 2.28. The van der Waals surface area contributed by atoms with Gasteiger partial charge in [0.25, 0.3) is 5.91 Å². The van der Waals surface area contributed by atoms with Gasteiger partial charge in [0.05, 0.1) is 24.3 Å². The van der Waals surface area contributed by atoms with Crippen LogP contribution in [0.2, 0.25) is 0 Å². The molecule has 5 nitrogen and oxygen atoms in total. The molecule has 2 aromatic rings. The zero-order valence-corrected chi connectivity index (χ0v) is 15.9. The summed E-state index contributed by atoms with van der Waals surface area (Å²) in [5.41, 5.74) is 1.51. The highest BCUT2D eigenvalue weighted by atomic mass is 32.2. The molecule has 0 heterocycles. The van der Waals surface area contributed by atoms with E-state index in [1.54, 1.807) is 30.0 Å². The van der Waals surface area contributed by atoms with Gasteiger partial charge in [-0.25, -0.2) is 0 Å². The third-order valence-corrected chi connectivity index (χ3v) is 4.47. The molecule has 0 aliphatic rings. The fraction of sp³-hybridized carbons (Fsp3) is 0.300. The second-order valence-electron chi connectivity index (χ2n) is 5.56.